The lowest BCUT2D eigenvalue weighted by atomic mass is 10.1. The molecule has 2 N–H and O–H groups in total. The molecule has 1 aromatic rings. The number of rotatable bonds is 7. The number of amidine groups is 1. The Balaban J connectivity index is 2.45. The van der Waals surface area contributed by atoms with Gasteiger partial charge in [-0.1, -0.05) is 38.3 Å². The van der Waals surface area contributed by atoms with Crippen LogP contribution in [0.25, 0.3) is 0 Å². The molecule has 94 valence electrons. The smallest absolute Gasteiger partial charge is 0.115 e. The van der Waals surface area contributed by atoms with Gasteiger partial charge in [-0.05, 0) is 30.5 Å². The normalized spacial score (nSPS) is 11.8. The second-order valence-electron chi connectivity index (χ2n) is 4.21. The van der Waals surface area contributed by atoms with Crippen LogP contribution < -0.4 is 5.73 Å². The summed E-state index contributed by atoms with van der Waals surface area (Å²) in [6, 6.07) is 8.22. The zero-order chi connectivity index (χ0) is 12.5. The second-order valence-corrected chi connectivity index (χ2v) is 4.48. The second kappa shape index (κ2) is 8.13. The number of unbranched alkanes of at least 4 members (excludes halogenated alkanes) is 3. The van der Waals surface area contributed by atoms with Gasteiger partial charge in [0.15, 0.2) is 0 Å². The molecular formula is C14H21ClN2. The van der Waals surface area contributed by atoms with Crippen molar-refractivity contribution in [3.05, 3.63) is 29.8 Å². The summed E-state index contributed by atoms with van der Waals surface area (Å²) >= 11 is 5.58. The zero-order valence-corrected chi connectivity index (χ0v) is 11.2. The predicted molar refractivity (Wildman–Crippen MR) is 76.3 cm³/mol. The van der Waals surface area contributed by atoms with Crippen molar-refractivity contribution >= 4 is 23.1 Å². The fourth-order valence-corrected chi connectivity index (χ4v) is 1.75. The fourth-order valence-electron chi connectivity index (χ4n) is 1.69. The van der Waals surface area contributed by atoms with Crippen molar-refractivity contribution in [3.63, 3.8) is 0 Å². The lowest BCUT2D eigenvalue weighted by Gasteiger charge is -2.02. The summed E-state index contributed by atoms with van der Waals surface area (Å²) in [4.78, 5) is 4.19. The molecule has 0 amide bonds. The minimum Gasteiger partial charge on any atom is -0.386 e. The van der Waals surface area contributed by atoms with Crippen molar-refractivity contribution in [2.24, 2.45) is 10.7 Å². The highest BCUT2D eigenvalue weighted by Crippen LogP contribution is 2.15. The van der Waals surface area contributed by atoms with E-state index in [0.29, 0.717) is 5.84 Å². The maximum absolute atomic E-state index is 5.58. The molecule has 0 unspecified atom stereocenters. The average Bonchev–Trinajstić information content (AvgIpc) is 2.36. The SMILES string of the molecule is CCCCCCc1ccc(N=C(N)CCl)cc1. The van der Waals surface area contributed by atoms with Gasteiger partial charge in [0, 0.05) is 0 Å². The van der Waals surface area contributed by atoms with E-state index >= 15 is 0 Å². The Morgan fingerprint density at radius 1 is 1.18 bits per heavy atom. The lowest BCUT2D eigenvalue weighted by molar-refractivity contribution is 0.667. The van der Waals surface area contributed by atoms with Crippen LogP contribution in [0.5, 0.6) is 0 Å². The molecule has 0 aliphatic heterocycles. The third-order valence-corrected chi connectivity index (χ3v) is 2.94. The van der Waals surface area contributed by atoms with Crippen LogP contribution in [-0.4, -0.2) is 11.7 Å². The molecule has 0 aliphatic rings. The summed E-state index contributed by atoms with van der Waals surface area (Å²) in [6.07, 6.45) is 6.34. The van der Waals surface area contributed by atoms with E-state index in [9.17, 15) is 0 Å². The van der Waals surface area contributed by atoms with E-state index in [1.54, 1.807) is 0 Å². The molecule has 1 rings (SSSR count). The summed E-state index contributed by atoms with van der Waals surface area (Å²) in [5.41, 5.74) is 7.82. The highest BCUT2D eigenvalue weighted by Gasteiger charge is 1.95. The summed E-state index contributed by atoms with van der Waals surface area (Å²) in [6.45, 7) is 2.23. The molecule has 0 saturated heterocycles. The van der Waals surface area contributed by atoms with Gasteiger partial charge in [0.05, 0.1) is 11.6 Å². The Kier molecular flexibility index (Phi) is 6.71. The van der Waals surface area contributed by atoms with Crippen molar-refractivity contribution in [1.29, 1.82) is 0 Å². The van der Waals surface area contributed by atoms with Gasteiger partial charge in [0.2, 0.25) is 0 Å². The Hall–Kier alpha value is -1.02. The first-order chi connectivity index (χ1) is 8.26. The Morgan fingerprint density at radius 2 is 1.88 bits per heavy atom. The summed E-state index contributed by atoms with van der Waals surface area (Å²) in [7, 11) is 0. The first-order valence-corrected chi connectivity index (χ1v) is 6.77. The topological polar surface area (TPSA) is 38.4 Å². The molecule has 1 aromatic carbocycles. The standard InChI is InChI=1S/C14H21ClN2/c1-2-3-4-5-6-12-7-9-13(10-8-12)17-14(16)11-15/h7-10H,2-6,11H2,1H3,(H2,16,17). The molecule has 0 radical (unpaired) electrons. The molecule has 0 aromatic heterocycles. The van der Waals surface area contributed by atoms with Crippen LogP contribution in [0.2, 0.25) is 0 Å². The van der Waals surface area contributed by atoms with Gasteiger partial charge >= 0.3 is 0 Å². The molecule has 0 heterocycles. The largest absolute Gasteiger partial charge is 0.386 e. The average molecular weight is 253 g/mol. The van der Waals surface area contributed by atoms with Crippen molar-refractivity contribution in [2.75, 3.05) is 5.88 Å². The number of nitrogens with two attached hydrogens (primary N) is 1. The molecule has 17 heavy (non-hydrogen) atoms. The number of nitrogens with zero attached hydrogens (tertiary/aromatic N) is 1. The number of aliphatic imine (C=N–C) groups is 1. The van der Waals surface area contributed by atoms with Gasteiger partial charge < -0.3 is 5.73 Å². The molecule has 0 saturated carbocycles. The van der Waals surface area contributed by atoms with Gasteiger partial charge in [-0.2, -0.15) is 0 Å². The number of alkyl halides is 1. The van der Waals surface area contributed by atoms with Gasteiger partial charge in [-0.3, -0.25) is 0 Å². The molecule has 3 heteroatoms. The molecule has 0 bridgehead atoms. The van der Waals surface area contributed by atoms with Crippen molar-refractivity contribution < 1.29 is 0 Å². The summed E-state index contributed by atoms with van der Waals surface area (Å²) in [5.74, 6) is 0.737. The van der Waals surface area contributed by atoms with Crippen LogP contribution in [0, 0.1) is 0 Å². The molecule has 2 nitrogen and oxygen atoms in total. The third-order valence-electron chi connectivity index (χ3n) is 2.66. The molecular weight excluding hydrogens is 232 g/mol. The van der Waals surface area contributed by atoms with Crippen molar-refractivity contribution in [2.45, 2.75) is 39.0 Å². The van der Waals surface area contributed by atoms with Crippen LogP contribution in [0.3, 0.4) is 0 Å². The van der Waals surface area contributed by atoms with Gasteiger partial charge in [-0.15, -0.1) is 11.6 Å². The number of benzene rings is 1. The molecule has 0 spiro atoms. The summed E-state index contributed by atoms with van der Waals surface area (Å²) < 4.78 is 0. The minimum absolute atomic E-state index is 0.277. The van der Waals surface area contributed by atoms with E-state index in [2.05, 4.69) is 24.0 Å². The van der Waals surface area contributed by atoms with Crippen LogP contribution in [0.15, 0.2) is 29.3 Å². The number of halogens is 1. The van der Waals surface area contributed by atoms with Gasteiger partial charge in [-0.25, -0.2) is 4.99 Å². The van der Waals surface area contributed by atoms with Crippen molar-refractivity contribution in [1.82, 2.24) is 0 Å². The van der Waals surface area contributed by atoms with Crippen LogP contribution in [0.4, 0.5) is 5.69 Å². The Morgan fingerprint density at radius 3 is 2.47 bits per heavy atom. The number of hydrogen-bond acceptors (Lipinski definition) is 1. The molecule has 0 atom stereocenters. The minimum atomic E-state index is 0.277. The molecule has 0 fully saturated rings. The van der Waals surface area contributed by atoms with Gasteiger partial charge in [0.25, 0.3) is 0 Å². The van der Waals surface area contributed by atoms with E-state index < -0.39 is 0 Å². The number of aryl methyl sites for hydroxylation is 1. The predicted octanol–water partition coefficient (Wildman–Crippen LogP) is 4.04. The summed E-state index contributed by atoms with van der Waals surface area (Å²) in [5, 5.41) is 0. The van der Waals surface area contributed by atoms with E-state index in [-0.39, 0.29) is 5.88 Å². The lowest BCUT2D eigenvalue weighted by Crippen LogP contribution is -2.12. The van der Waals surface area contributed by atoms with Gasteiger partial charge in [0.1, 0.15) is 5.84 Å². The first-order valence-electron chi connectivity index (χ1n) is 6.24. The fraction of sp³-hybridized carbons (Fsp3) is 0.500. The Bertz CT molecular complexity index is 344. The third kappa shape index (κ3) is 5.73. The molecule has 0 aliphatic carbocycles. The van der Waals surface area contributed by atoms with Crippen LogP contribution in [-0.2, 0) is 6.42 Å². The Labute approximate surface area is 109 Å². The maximum Gasteiger partial charge on any atom is 0.115 e. The van der Waals surface area contributed by atoms with E-state index in [0.717, 1.165) is 12.1 Å². The van der Waals surface area contributed by atoms with E-state index in [1.165, 1.54) is 31.2 Å². The highest BCUT2D eigenvalue weighted by atomic mass is 35.5. The highest BCUT2D eigenvalue weighted by molar-refractivity contribution is 6.28. The monoisotopic (exact) mass is 252 g/mol. The van der Waals surface area contributed by atoms with E-state index in [4.69, 9.17) is 17.3 Å². The van der Waals surface area contributed by atoms with Crippen LogP contribution >= 0.6 is 11.6 Å². The quantitative estimate of drug-likeness (QED) is 0.338. The maximum atomic E-state index is 5.58. The zero-order valence-electron chi connectivity index (χ0n) is 10.5. The first kappa shape index (κ1) is 14.0. The number of hydrogen-bond donors (Lipinski definition) is 1. The van der Waals surface area contributed by atoms with Crippen molar-refractivity contribution in [3.8, 4) is 0 Å². The van der Waals surface area contributed by atoms with Crippen LogP contribution in [0.1, 0.15) is 38.2 Å². The van der Waals surface area contributed by atoms with E-state index in [1.807, 2.05) is 12.1 Å².